The smallest absolute Gasteiger partial charge is 0.357 e. The van der Waals surface area contributed by atoms with Crippen LogP contribution >= 0.6 is 11.8 Å². The molecule has 0 spiro atoms. The van der Waals surface area contributed by atoms with E-state index in [1.807, 2.05) is 0 Å². The average Bonchev–Trinajstić information content (AvgIpc) is 3.10. The fourth-order valence-corrected chi connectivity index (χ4v) is 11.0. The molecule has 0 saturated carbocycles. The fraction of sp³-hybridized carbons (Fsp3) is 0.977. The number of nitrogens with one attached hydrogen (secondary N) is 1. The summed E-state index contributed by atoms with van der Waals surface area (Å²) >= 11 is 1.54. The van der Waals surface area contributed by atoms with E-state index < -0.39 is 8.56 Å². The summed E-state index contributed by atoms with van der Waals surface area (Å²) in [7, 11) is -2.21. The van der Waals surface area contributed by atoms with Gasteiger partial charge < -0.3 is 8.95 Å². The van der Waals surface area contributed by atoms with Gasteiger partial charge in [-0.05, 0) is 43.7 Å². The van der Waals surface area contributed by atoms with Crippen molar-refractivity contribution in [1.29, 1.82) is 0 Å². The maximum absolute atomic E-state index is 12.4. The summed E-state index contributed by atoms with van der Waals surface area (Å²) in [6.07, 6.45) is 44.6. The minimum Gasteiger partial charge on any atom is -0.393 e. The topological polar surface area (TPSA) is 47.6 Å². The first-order valence-corrected chi connectivity index (χ1v) is 25.6. The maximum Gasteiger partial charge on any atom is 0.357 e. The molecule has 1 saturated heterocycles. The van der Waals surface area contributed by atoms with Gasteiger partial charge in [0.15, 0.2) is 5.12 Å². The zero-order chi connectivity index (χ0) is 35.4. The Morgan fingerprint density at radius 2 is 1.02 bits per heavy atom. The highest BCUT2D eigenvalue weighted by Gasteiger charge is 2.37. The highest BCUT2D eigenvalue weighted by molar-refractivity contribution is 8.13. The van der Waals surface area contributed by atoms with Crippen LogP contribution in [0.1, 0.15) is 233 Å². The summed E-state index contributed by atoms with van der Waals surface area (Å²) in [5.74, 6) is 1.56. The van der Waals surface area contributed by atoms with Crippen LogP contribution in [0.2, 0.25) is 12.1 Å². The van der Waals surface area contributed by atoms with Gasteiger partial charge in [-0.15, -0.1) is 0 Å². The lowest BCUT2D eigenvalue weighted by Gasteiger charge is -2.33. The highest BCUT2D eigenvalue weighted by Crippen LogP contribution is 2.26. The number of carbonyl (C=O) groups excluding carboxylic acids is 1. The Bertz CT molecular complexity index is 686. The van der Waals surface area contributed by atoms with Crippen molar-refractivity contribution >= 4 is 25.4 Å². The lowest BCUT2D eigenvalue weighted by molar-refractivity contribution is -0.111. The number of carbonyl (C=O) groups is 1. The molecular formula is C43H87NO3SSi. The molecule has 0 aromatic carbocycles. The van der Waals surface area contributed by atoms with Crippen molar-refractivity contribution in [2.45, 2.75) is 245 Å². The third-order valence-corrected chi connectivity index (χ3v) is 15.4. The van der Waals surface area contributed by atoms with E-state index in [1.54, 1.807) is 11.8 Å². The molecule has 49 heavy (non-hydrogen) atoms. The minimum absolute atomic E-state index is 0.379. The average molecular weight is 726 g/mol. The van der Waals surface area contributed by atoms with Gasteiger partial charge in [0.25, 0.3) is 0 Å². The summed E-state index contributed by atoms with van der Waals surface area (Å²) < 4.78 is 12.8. The Morgan fingerprint density at radius 1 is 0.592 bits per heavy atom. The Morgan fingerprint density at radius 3 is 1.47 bits per heavy atom. The first-order chi connectivity index (χ1) is 24.2. The van der Waals surface area contributed by atoms with Crippen molar-refractivity contribution in [2.75, 3.05) is 18.9 Å². The summed E-state index contributed by atoms with van der Waals surface area (Å²) in [6.45, 7) is 8.61. The molecule has 0 amide bonds. The van der Waals surface area contributed by atoms with Gasteiger partial charge in [-0.25, -0.2) is 5.48 Å². The Labute approximate surface area is 313 Å². The Hall–Kier alpha value is 0.117. The van der Waals surface area contributed by atoms with E-state index in [9.17, 15) is 4.79 Å². The molecule has 1 aliphatic rings. The number of hydrogen-bond acceptors (Lipinski definition) is 5. The second-order valence-corrected chi connectivity index (χ2v) is 20.3. The molecule has 6 heteroatoms. The van der Waals surface area contributed by atoms with Crippen molar-refractivity contribution in [3.8, 4) is 0 Å². The standard InChI is InChI=1S/C43H87NO3SSi/c1-4-7-9-11-13-15-17-19-20-21-23-24-26-28-30-32-35-42-37-38-46-49(6-3,47-44-41-42)40-34-39-48-43(45)36-33-31-29-27-25-22-18-16-14-12-10-8-5-2/h42,44H,4-41H2,1-3H3. The molecule has 1 heterocycles. The number of thioether (sulfide) groups is 1. The monoisotopic (exact) mass is 726 g/mol. The van der Waals surface area contributed by atoms with Crippen molar-refractivity contribution in [2.24, 2.45) is 5.92 Å². The molecule has 0 aromatic rings. The normalized spacial score (nSPS) is 18.5. The van der Waals surface area contributed by atoms with Crippen molar-refractivity contribution < 1.29 is 13.7 Å². The summed E-state index contributed by atoms with van der Waals surface area (Å²) in [5.41, 5.74) is 3.36. The van der Waals surface area contributed by atoms with E-state index in [0.29, 0.717) is 11.0 Å². The Kier molecular flexibility index (Phi) is 35.1. The highest BCUT2D eigenvalue weighted by atomic mass is 32.2. The van der Waals surface area contributed by atoms with Crippen LogP contribution in [0.25, 0.3) is 0 Å². The van der Waals surface area contributed by atoms with Crippen molar-refractivity contribution in [3.63, 3.8) is 0 Å². The molecule has 4 nitrogen and oxygen atoms in total. The number of hydroxylamine groups is 1. The van der Waals surface area contributed by atoms with Gasteiger partial charge in [0.05, 0.1) is 0 Å². The fourth-order valence-electron chi connectivity index (χ4n) is 7.42. The predicted octanol–water partition coefficient (Wildman–Crippen LogP) is 14.8. The molecule has 2 atom stereocenters. The molecular weight excluding hydrogens is 639 g/mol. The molecule has 0 aliphatic carbocycles. The van der Waals surface area contributed by atoms with Crippen LogP contribution in [0.3, 0.4) is 0 Å². The van der Waals surface area contributed by atoms with Gasteiger partial charge in [-0.2, -0.15) is 0 Å². The lowest BCUT2D eigenvalue weighted by atomic mass is 9.97. The lowest BCUT2D eigenvalue weighted by Crippen LogP contribution is -2.49. The predicted molar refractivity (Wildman–Crippen MR) is 221 cm³/mol. The third kappa shape index (κ3) is 30.3. The van der Waals surface area contributed by atoms with Gasteiger partial charge in [-0.1, -0.05) is 212 Å². The van der Waals surface area contributed by atoms with Crippen LogP contribution in [0.4, 0.5) is 0 Å². The molecule has 292 valence electrons. The molecule has 1 fully saturated rings. The zero-order valence-corrected chi connectivity index (χ0v) is 35.4. The summed E-state index contributed by atoms with van der Waals surface area (Å²) in [4.78, 5) is 12.4. The Balaban J connectivity index is 1.95. The van der Waals surface area contributed by atoms with Crippen LogP contribution in [0.5, 0.6) is 0 Å². The van der Waals surface area contributed by atoms with E-state index in [4.69, 9.17) is 8.95 Å². The van der Waals surface area contributed by atoms with Crippen LogP contribution < -0.4 is 5.48 Å². The maximum atomic E-state index is 12.4. The molecule has 1 aliphatic heterocycles. The van der Waals surface area contributed by atoms with Gasteiger partial charge >= 0.3 is 8.56 Å². The number of unbranched alkanes of at least 4 members (excludes halogenated alkanes) is 27. The van der Waals surface area contributed by atoms with E-state index in [-0.39, 0.29) is 0 Å². The molecule has 1 N–H and O–H groups in total. The van der Waals surface area contributed by atoms with Crippen LogP contribution in [-0.2, 0) is 13.7 Å². The number of rotatable bonds is 36. The van der Waals surface area contributed by atoms with Gasteiger partial charge in [-0.3, -0.25) is 4.79 Å². The second-order valence-electron chi connectivity index (χ2n) is 15.6. The van der Waals surface area contributed by atoms with Gasteiger partial charge in [0.2, 0.25) is 0 Å². The number of hydrogen-bond donors (Lipinski definition) is 1. The summed E-state index contributed by atoms with van der Waals surface area (Å²) in [5, 5.41) is 0.379. The van der Waals surface area contributed by atoms with Crippen molar-refractivity contribution in [1.82, 2.24) is 5.48 Å². The van der Waals surface area contributed by atoms with Gasteiger partial charge in [0.1, 0.15) is 0 Å². The zero-order valence-electron chi connectivity index (χ0n) is 33.6. The van der Waals surface area contributed by atoms with Crippen LogP contribution in [-0.4, -0.2) is 32.6 Å². The first-order valence-electron chi connectivity index (χ1n) is 22.4. The minimum atomic E-state index is -2.21. The quantitative estimate of drug-likeness (QED) is 0.0515. The second kappa shape index (κ2) is 36.5. The van der Waals surface area contributed by atoms with Crippen LogP contribution in [0, 0.1) is 5.92 Å². The third-order valence-electron chi connectivity index (χ3n) is 11.0. The molecule has 0 bridgehead atoms. The van der Waals surface area contributed by atoms with E-state index in [1.165, 1.54) is 186 Å². The SMILES string of the molecule is CCCCCCCCCCCCCCCCCCC1CCO[Si](CC)(CCCSC(=O)CCCCCCCCCCCCCCC)ONC1. The largest absolute Gasteiger partial charge is 0.393 e. The molecule has 2 unspecified atom stereocenters. The van der Waals surface area contributed by atoms with E-state index in [0.717, 1.165) is 56.7 Å². The molecule has 0 aromatic heterocycles. The van der Waals surface area contributed by atoms with Crippen molar-refractivity contribution in [3.05, 3.63) is 0 Å². The summed E-state index contributed by atoms with van der Waals surface area (Å²) in [6, 6.07) is 1.96. The van der Waals surface area contributed by atoms with E-state index >= 15 is 0 Å². The first kappa shape index (κ1) is 47.1. The van der Waals surface area contributed by atoms with E-state index in [2.05, 4.69) is 26.3 Å². The molecule has 1 rings (SSSR count). The molecule has 0 radical (unpaired) electrons. The van der Waals surface area contributed by atoms with Crippen LogP contribution in [0.15, 0.2) is 0 Å². The van der Waals surface area contributed by atoms with Gasteiger partial charge in [0, 0.05) is 25.3 Å².